The van der Waals surface area contributed by atoms with E-state index in [1.807, 2.05) is 37.3 Å². The summed E-state index contributed by atoms with van der Waals surface area (Å²) in [6, 6.07) is 16.0. The van der Waals surface area contributed by atoms with E-state index in [1.54, 1.807) is 24.3 Å². The van der Waals surface area contributed by atoms with Gasteiger partial charge in [-0.1, -0.05) is 49.4 Å². The fourth-order valence-electron chi connectivity index (χ4n) is 2.59. The van der Waals surface area contributed by atoms with Gasteiger partial charge in [0.2, 0.25) is 0 Å². The summed E-state index contributed by atoms with van der Waals surface area (Å²) in [4.78, 5) is 35.5. The Bertz CT molecular complexity index is 771. The Morgan fingerprint density at radius 2 is 1.67 bits per heavy atom. The molecule has 0 aliphatic rings. The normalized spacial score (nSPS) is 11.3. The lowest BCUT2D eigenvalue weighted by molar-refractivity contribution is -0.150. The van der Waals surface area contributed by atoms with Crippen LogP contribution in [0.5, 0.6) is 0 Å². The number of carbonyl (C=O) groups excluding carboxylic acids is 3. The van der Waals surface area contributed by atoms with Crippen molar-refractivity contribution < 1.29 is 23.9 Å². The van der Waals surface area contributed by atoms with E-state index in [9.17, 15) is 14.4 Å². The molecule has 0 heterocycles. The average molecular weight is 369 g/mol. The molecule has 6 nitrogen and oxygen atoms in total. The standard InChI is InChI=1S/C21H23NO5/c1-3-18(16-7-5-4-6-8-16)21(25)27-14-19(23)22-13-15-9-11-17(12-10-15)20(24)26-2/h4-12,18H,3,13-14H2,1-2H3,(H,22,23)/t18-/m0/s1. The van der Waals surface area contributed by atoms with Gasteiger partial charge in [0.1, 0.15) is 0 Å². The summed E-state index contributed by atoms with van der Waals surface area (Å²) >= 11 is 0. The van der Waals surface area contributed by atoms with Gasteiger partial charge in [-0.15, -0.1) is 0 Å². The maximum Gasteiger partial charge on any atom is 0.337 e. The van der Waals surface area contributed by atoms with Gasteiger partial charge in [0.15, 0.2) is 6.61 Å². The van der Waals surface area contributed by atoms with Gasteiger partial charge in [-0.25, -0.2) is 4.79 Å². The first kappa shape index (κ1) is 20.2. The minimum atomic E-state index is -0.415. The molecule has 27 heavy (non-hydrogen) atoms. The number of benzene rings is 2. The third-order valence-electron chi connectivity index (χ3n) is 4.10. The molecule has 0 saturated carbocycles. The molecule has 0 radical (unpaired) electrons. The molecule has 1 N–H and O–H groups in total. The van der Waals surface area contributed by atoms with E-state index in [4.69, 9.17) is 4.74 Å². The topological polar surface area (TPSA) is 81.7 Å². The molecule has 2 aromatic carbocycles. The van der Waals surface area contributed by atoms with Crippen molar-refractivity contribution in [2.24, 2.45) is 0 Å². The SMILES string of the molecule is CC[C@H](C(=O)OCC(=O)NCc1ccc(C(=O)OC)cc1)c1ccccc1. The smallest absolute Gasteiger partial charge is 0.337 e. The number of esters is 2. The van der Waals surface area contributed by atoms with Crippen molar-refractivity contribution in [1.82, 2.24) is 5.32 Å². The zero-order valence-electron chi connectivity index (χ0n) is 15.4. The molecule has 142 valence electrons. The molecule has 0 aromatic heterocycles. The highest BCUT2D eigenvalue weighted by atomic mass is 16.5. The molecule has 0 spiro atoms. The molecule has 0 bridgehead atoms. The molecule has 0 saturated heterocycles. The van der Waals surface area contributed by atoms with E-state index in [0.717, 1.165) is 11.1 Å². The summed E-state index contributed by atoms with van der Waals surface area (Å²) in [5, 5.41) is 2.68. The Morgan fingerprint density at radius 1 is 1.00 bits per heavy atom. The molecule has 1 atom stereocenters. The Kier molecular flexibility index (Phi) is 7.55. The predicted molar refractivity (Wildman–Crippen MR) is 100 cm³/mol. The zero-order valence-corrected chi connectivity index (χ0v) is 15.4. The van der Waals surface area contributed by atoms with Crippen LogP contribution in [0, 0.1) is 0 Å². The van der Waals surface area contributed by atoms with Crippen molar-refractivity contribution in [3.05, 3.63) is 71.3 Å². The van der Waals surface area contributed by atoms with Crippen LogP contribution in [0.15, 0.2) is 54.6 Å². The number of hydrogen-bond donors (Lipinski definition) is 1. The Morgan fingerprint density at radius 3 is 2.26 bits per heavy atom. The number of methoxy groups -OCH3 is 1. The second kappa shape index (κ2) is 10.1. The van der Waals surface area contributed by atoms with Crippen molar-refractivity contribution in [1.29, 1.82) is 0 Å². The third kappa shape index (κ3) is 5.95. The van der Waals surface area contributed by atoms with Crippen LogP contribution in [-0.2, 0) is 25.6 Å². The van der Waals surface area contributed by atoms with Crippen molar-refractivity contribution >= 4 is 17.8 Å². The quantitative estimate of drug-likeness (QED) is 0.724. The lowest BCUT2D eigenvalue weighted by Crippen LogP contribution is -2.29. The lowest BCUT2D eigenvalue weighted by atomic mass is 9.97. The average Bonchev–Trinajstić information content (AvgIpc) is 2.71. The largest absolute Gasteiger partial charge is 0.465 e. The third-order valence-corrected chi connectivity index (χ3v) is 4.10. The molecule has 2 aromatic rings. The van der Waals surface area contributed by atoms with Crippen LogP contribution < -0.4 is 5.32 Å². The number of rotatable bonds is 8. The highest BCUT2D eigenvalue weighted by Gasteiger charge is 2.20. The van der Waals surface area contributed by atoms with Crippen molar-refractivity contribution in [2.75, 3.05) is 13.7 Å². The molecular weight excluding hydrogens is 346 g/mol. The lowest BCUT2D eigenvalue weighted by Gasteiger charge is -2.14. The Labute approximate surface area is 158 Å². The molecular formula is C21H23NO5. The van der Waals surface area contributed by atoms with Crippen molar-refractivity contribution in [3.8, 4) is 0 Å². The number of carbonyl (C=O) groups is 3. The maximum atomic E-state index is 12.2. The van der Waals surface area contributed by atoms with Crippen LogP contribution in [0.3, 0.4) is 0 Å². The number of ether oxygens (including phenoxy) is 2. The molecule has 0 fully saturated rings. The van der Waals surface area contributed by atoms with E-state index in [1.165, 1.54) is 7.11 Å². The van der Waals surface area contributed by atoms with Crippen LogP contribution in [0.2, 0.25) is 0 Å². The van der Waals surface area contributed by atoms with Gasteiger partial charge < -0.3 is 14.8 Å². The van der Waals surface area contributed by atoms with E-state index >= 15 is 0 Å². The van der Waals surface area contributed by atoms with Crippen LogP contribution in [0.1, 0.15) is 40.7 Å². The summed E-state index contributed by atoms with van der Waals surface area (Å²) in [5.41, 5.74) is 2.13. The van der Waals surface area contributed by atoms with Crippen molar-refractivity contribution in [3.63, 3.8) is 0 Å². The second-order valence-corrected chi connectivity index (χ2v) is 5.94. The first-order valence-corrected chi connectivity index (χ1v) is 8.70. The molecule has 6 heteroatoms. The summed E-state index contributed by atoms with van der Waals surface area (Å²) in [6.45, 7) is 1.84. The van der Waals surface area contributed by atoms with Gasteiger partial charge in [0.05, 0.1) is 18.6 Å². The highest BCUT2D eigenvalue weighted by molar-refractivity contribution is 5.89. The molecule has 2 rings (SSSR count). The summed E-state index contributed by atoms with van der Waals surface area (Å²) in [6.07, 6.45) is 0.594. The van der Waals surface area contributed by atoms with Gasteiger partial charge in [0.25, 0.3) is 5.91 Å². The fourth-order valence-corrected chi connectivity index (χ4v) is 2.59. The minimum Gasteiger partial charge on any atom is -0.465 e. The second-order valence-electron chi connectivity index (χ2n) is 5.94. The number of nitrogens with one attached hydrogen (secondary N) is 1. The van der Waals surface area contributed by atoms with E-state index in [-0.39, 0.29) is 25.0 Å². The molecule has 1 amide bonds. The number of amides is 1. The van der Waals surface area contributed by atoms with Gasteiger partial charge in [-0.05, 0) is 29.7 Å². The van der Waals surface area contributed by atoms with Crippen molar-refractivity contribution in [2.45, 2.75) is 25.8 Å². The van der Waals surface area contributed by atoms with E-state index < -0.39 is 11.9 Å². The summed E-state index contributed by atoms with van der Waals surface area (Å²) < 4.78 is 9.78. The highest BCUT2D eigenvalue weighted by Crippen LogP contribution is 2.20. The zero-order chi connectivity index (χ0) is 19.6. The van der Waals surface area contributed by atoms with Crippen LogP contribution in [0.4, 0.5) is 0 Å². The first-order valence-electron chi connectivity index (χ1n) is 8.70. The molecule has 0 aliphatic heterocycles. The Hall–Kier alpha value is -3.15. The van der Waals surface area contributed by atoms with Gasteiger partial charge >= 0.3 is 11.9 Å². The van der Waals surface area contributed by atoms with Gasteiger partial charge in [-0.3, -0.25) is 9.59 Å². The fraction of sp³-hybridized carbons (Fsp3) is 0.286. The summed E-state index contributed by atoms with van der Waals surface area (Å²) in [7, 11) is 1.32. The monoisotopic (exact) mass is 369 g/mol. The van der Waals surface area contributed by atoms with E-state index in [2.05, 4.69) is 10.1 Å². The van der Waals surface area contributed by atoms with Gasteiger partial charge in [0, 0.05) is 6.54 Å². The molecule has 0 unspecified atom stereocenters. The predicted octanol–water partition coefficient (Wildman–Crippen LogP) is 2.83. The first-order chi connectivity index (χ1) is 13.0. The molecule has 0 aliphatic carbocycles. The minimum absolute atomic E-state index is 0.272. The van der Waals surface area contributed by atoms with Crippen LogP contribution in [0.25, 0.3) is 0 Å². The maximum absolute atomic E-state index is 12.2. The van der Waals surface area contributed by atoms with Crippen LogP contribution in [-0.4, -0.2) is 31.6 Å². The Balaban J connectivity index is 1.80. The van der Waals surface area contributed by atoms with E-state index in [0.29, 0.717) is 12.0 Å². The summed E-state index contributed by atoms with van der Waals surface area (Å²) in [5.74, 6) is -1.60. The van der Waals surface area contributed by atoms with Crippen LogP contribution >= 0.6 is 0 Å². The van der Waals surface area contributed by atoms with Gasteiger partial charge in [-0.2, -0.15) is 0 Å². The number of hydrogen-bond acceptors (Lipinski definition) is 5.